The van der Waals surface area contributed by atoms with E-state index in [4.69, 9.17) is 15.2 Å². The number of ether oxygens (including phenoxy) is 2. The van der Waals surface area contributed by atoms with Crippen molar-refractivity contribution in [1.29, 1.82) is 0 Å². The first-order valence-electron chi connectivity index (χ1n) is 9.32. The van der Waals surface area contributed by atoms with Crippen molar-refractivity contribution < 1.29 is 14.3 Å². The van der Waals surface area contributed by atoms with E-state index in [1.54, 1.807) is 19.2 Å². The van der Waals surface area contributed by atoms with Gasteiger partial charge in [-0.2, -0.15) is 0 Å². The average Bonchev–Trinajstić information content (AvgIpc) is 2.67. The number of hydrogen-bond donors (Lipinski definition) is 2. The zero-order valence-corrected chi connectivity index (χ0v) is 16.2. The molecule has 6 nitrogen and oxygen atoms in total. The highest BCUT2D eigenvalue weighted by atomic mass is 16.5. The number of benzene rings is 1. The van der Waals surface area contributed by atoms with Gasteiger partial charge in [0, 0.05) is 20.3 Å². The summed E-state index contributed by atoms with van der Waals surface area (Å²) in [6.45, 7) is 4.38. The number of nitrogen functional groups attached to an aromatic ring is 1. The van der Waals surface area contributed by atoms with Crippen LogP contribution in [0, 0.1) is 0 Å². The number of amides is 1. The zero-order valence-electron chi connectivity index (χ0n) is 16.2. The molecule has 6 heteroatoms. The molecular formula is C21H29N3O3. The van der Waals surface area contributed by atoms with Crippen molar-refractivity contribution in [3.63, 3.8) is 0 Å². The fourth-order valence-corrected chi connectivity index (χ4v) is 2.61. The lowest BCUT2D eigenvalue weighted by Gasteiger charge is -2.09. The van der Waals surface area contributed by atoms with E-state index < -0.39 is 0 Å². The van der Waals surface area contributed by atoms with Crippen molar-refractivity contribution in [3.8, 4) is 0 Å². The Balaban J connectivity index is 1.81. The first-order valence-corrected chi connectivity index (χ1v) is 9.32. The van der Waals surface area contributed by atoms with Gasteiger partial charge in [-0.3, -0.25) is 4.79 Å². The molecule has 0 fully saturated rings. The number of carbonyl (C=O) groups excluding carboxylic acids is 1. The summed E-state index contributed by atoms with van der Waals surface area (Å²) in [6.07, 6.45) is 3.50. The van der Waals surface area contributed by atoms with E-state index in [2.05, 4.69) is 17.2 Å². The van der Waals surface area contributed by atoms with E-state index in [-0.39, 0.29) is 11.7 Å². The predicted octanol–water partition coefficient (Wildman–Crippen LogP) is 3.45. The number of pyridine rings is 1. The van der Waals surface area contributed by atoms with Gasteiger partial charge in [0.05, 0.1) is 24.5 Å². The Labute approximate surface area is 161 Å². The summed E-state index contributed by atoms with van der Waals surface area (Å²) in [4.78, 5) is 16.5. The second-order valence-electron chi connectivity index (χ2n) is 6.43. The van der Waals surface area contributed by atoms with Gasteiger partial charge in [-0.25, -0.2) is 4.98 Å². The minimum Gasteiger partial charge on any atom is -0.383 e. The zero-order chi connectivity index (χ0) is 19.5. The summed E-state index contributed by atoms with van der Waals surface area (Å²) in [7, 11) is 1.59. The molecule has 0 unspecified atom stereocenters. The molecule has 1 aromatic heterocycles. The van der Waals surface area contributed by atoms with Crippen molar-refractivity contribution in [2.24, 2.45) is 0 Å². The van der Waals surface area contributed by atoms with Crippen molar-refractivity contribution in [3.05, 3.63) is 58.8 Å². The molecule has 0 bridgehead atoms. The maximum Gasteiger partial charge on any atom is 0.255 e. The quantitative estimate of drug-likeness (QED) is 0.591. The Morgan fingerprint density at radius 1 is 1.07 bits per heavy atom. The van der Waals surface area contributed by atoms with Gasteiger partial charge in [0.2, 0.25) is 0 Å². The van der Waals surface area contributed by atoms with E-state index in [1.165, 1.54) is 12.8 Å². The van der Waals surface area contributed by atoms with Gasteiger partial charge < -0.3 is 20.5 Å². The van der Waals surface area contributed by atoms with Gasteiger partial charge in [0.15, 0.2) is 0 Å². The van der Waals surface area contributed by atoms with E-state index in [1.807, 2.05) is 24.3 Å². The Morgan fingerprint density at radius 3 is 2.48 bits per heavy atom. The van der Waals surface area contributed by atoms with Crippen LogP contribution in [0.5, 0.6) is 0 Å². The third-order valence-electron chi connectivity index (χ3n) is 4.16. The molecule has 0 saturated carbocycles. The predicted molar refractivity (Wildman–Crippen MR) is 106 cm³/mol. The minimum absolute atomic E-state index is 0.206. The van der Waals surface area contributed by atoms with E-state index >= 15 is 0 Å². The maximum absolute atomic E-state index is 12.3. The molecule has 0 atom stereocenters. The number of nitrogens with two attached hydrogens (primary N) is 1. The fraction of sp³-hybridized carbons (Fsp3) is 0.429. The number of hydrogen-bond acceptors (Lipinski definition) is 5. The smallest absolute Gasteiger partial charge is 0.255 e. The molecule has 146 valence electrons. The number of carbonyl (C=O) groups is 1. The van der Waals surface area contributed by atoms with Gasteiger partial charge >= 0.3 is 0 Å². The summed E-state index contributed by atoms with van der Waals surface area (Å²) in [5.74, 6) is -0.0371. The number of anilines is 1. The molecular weight excluding hydrogens is 342 g/mol. The van der Waals surface area contributed by atoms with Crippen LogP contribution in [0.1, 0.15) is 53.4 Å². The van der Waals surface area contributed by atoms with Crippen LogP contribution in [0.15, 0.2) is 36.4 Å². The Hall–Kier alpha value is -2.44. The molecule has 0 spiro atoms. The van der Waals surface area contributed by atoms with Crippen LogP contribution in [0.4, 0.5) is 5.82 Å². The number of aromatic nitrogens is 1. The normalized spacial score (nSPS) is 10.7. The summed E-state index contributed by atoms with van der Waals surface area (Å²) in [6, 6.07) is 11.4. The Bertz CT molecular complexity index is 717. The monoisotopic (exact) mass is 371 g/mol. The van der Waals surface area contributed by atoms with E-state index in [0.29, 0.717) is 31.0 Å². The first kappa shape index (κ1) is 20.9. The van der Waals surface area contributed by atoms with Gasteiger partial charge in [-0.15, -0.1) is 0 Å². The van der Waals surface area contributed by atoms with Crippen molar-refractivity contribution in [1.82, 2.24) is 10.3 Å². The SMILES string of the molecule is CCCCCOCc1ccc(CNC(=O)c2ccc(COC)nc2N)cc1. The average molecular weight is 371 g/mol. The molecule has 0 saturated heterocycles. The van der Waals surface area contributed by atoms with Crippen molar-refractivity contribution in [2.45, 2.75) is 45.9 Å². The third-order valence-corrected chi connectivity index (χ3v) is 4.16. The molecule has 2 rings (SSSR count). The molecule has 0 aliphatic carbocycles. The van der Waals surface area contributed by atoms with Crippen LogP contribution in [0.2, 0.25) is 0 Å². The van der Waals surface area contributed by atoms with Gasteiger partial charge in [0.1, 0.15) is 5.82 Å². The van der Waals surface area contributed by atoms with E-state index in [9.17, 15) is 4.79 Å². The topological polar surface area (TPSA) is 86.5 Å². The molecule has 1 heterocycles. The Morgan fingerprint density at radius 2 is 1.81 bits per heavy atom. The highest BCUT2D eigenvalue weighted by molar-refractivity contribution is 5.98. The first-order chi connectivity index (χ1) is 13.1. The minimum atomic E-state index is -0.243. The van der Waals surface area contributed by atoms with Gasteiger partial charge in [-0.1, -0.05) is 44.0 Å². The summed E-state index contributed by atoms with van der Waals surface area (Å²) >= 11 is 0. The van der Waals surface area contributed by atoms with Crippen molar-refractivity contribution in [2.75, 3.05) is 19.5 Å². The molecule has 3 N–H and O–H groups in total. The summed E-state index contributed by atoms with van der Waals surface area (Å²) in [5, 5.41) is 2.87. The summed E-state index contributed by atoms with van der Waals surface area (Å²) in [5.41, 5.74) is 9.08. The number of methoxy groups -OCH3 is 1. The van der Waals surface area contributed by atoms with Crippen LogP contribution in [-0.4, -0.2) is 24.6 Å². The lowest BCUT2D eigenvalue weighted by Crippen LogP contribution is -2.24. The lowest BCUT2D eigenvalue weighted by atomic mass is 10.1. The standard InChI is InChI=1S/C21H29N3O3/c1-3-4-5-12-27-14-17-8-6-16(7-9-17)13-23-21(25)19-11-10-18(15-26-2)24-20(19)22/h6-11H,3-5,12-15H2,1-2H3,(H2,22,24)(H,23,25). The molecule has 0 aliphatic heterocycles. The van der Waals surface area contributed by atoms with Crippen LogP contribution >= 0.6 is 0 Å². The van der Waals surface area contributed by atoms with E-state index in [0.717, 1.165) is 24.2 Å². The number of unbranched alkanes of at least 4 members (excludes halogenated alkanes) is 2. The largest absolute Gasteiger partial charge is 0.383 e. The maximum atomic E-state index is 12.3. The molecule has 27 heavy (non-hydrogen) atoms. The fourth-order valence-electron chi connectivity index (χ4n) is 2.61. The highest BCUT2D eigenvalue weighted by Crippen LogP contribution is 2.12. The van der Waals surface area contributed by atoms with Gasteiger partial charge in [-0.05, 0) is 29.7 Å². The van der Waals surface area contributed by atoms with Crippen LogP contribution in [0.25, 0.3) is 0 Å². The lowest BCUT2D eigenvalue weighted by molar-refractivity contribution is 0.0951. The number of nitrogens with zero attached hydrogens (tertiary/aromatic N) is 1. The molecule has 0 aliphatic rings. The second kappa shape index (κ2) is 11.3. The summed E-state index contributed by atoms with van der Waals surface area (Å²) < 4.78 is 10.7. The molecule has 1 aromatic carbocycles. The van der Waals surface area contributed by atoms with Crippen LogP contribution in [0.3, 0.4) is 0 Å². The number of nitrogens with one attached hydrogen (secondary N) is 1. The second-order valence-corrected chi connectivity index (χ2v) is 6.43. The van der Waals surface area contributed by atoms with Gasteiger partial charge in [0.25, 0.3) is 5.91 Å². The highest BCUT2D eigenvalue weighted by Gasteiger charge is 2.11. The Kier molecular flexibility index (Phi) is 8.74. The van der Waals surface area contributed by atoms with Crippen LogP contribution in [-0.2, 0) is 29.2 Å². The third kappa shape index (κ3) is 7.00. The number of rotatable bonds is 11. The van der Waals surface area contributed by atoms with Crippen LogP contribution < -0.4 is 11.1 Å². The molecule has 0 radical (unpaired) electrons. The molecule has 2 aromatic rings. The molecule has 1 amide bonds. The van der Waals surface area contributed by atoms with Crippen molar-refractivity contribution >= 4 is 11.7 Å².